The first-order valence-corrected chi connectivity index (χ1v) is 10.1. The van der Waals surface area contributed by atoms with E-state index in [2.05, 4.69) is 6.08 Å². The second-order valence-electron chi connectivity index (χ2n) is 8.69. The summed E-state index contributed by atoms with van der Waals surface area (Å²) in [4.78, 5) is 38.5. The second kappa shape index (κ2) is 8.39. The number of ketones is 1. The maximum Gasteiger partial charge on any atom is 0.410 e. The number of Topliss-reactive ketones (excluding diaryl/α,β-unsaturated/α-hetero) is 1. The molecule has 0 bridgehead atoms. The zero-order chi connectivity index (χ0) is 21.2. The van der Waals surface area contributed by atoms with E-state index in [1.807, 2.05) is 20.8 Å². The number of ether oxygens (including phenoxy) is 2. The van der Waals surface area contributed by atoms with Gasteiger partial charge in [0.25, 0.3) is 0 Å². The van der Waals surface area contributed by atoms with Gasteiger partial charge in [-0.05, 0) is 81.7 Å². The predicted molar refractivity (Wildman–Crippen MR) is 109 cm³/mol. The van der Waals surface area contributed by atoms with Crippen LogP contribution in [0.25, 0.3) is 0 Å². The van der Waals surface area contributed by atoms with Crippen LogP contribution in [0, 0.1) is 5.92 Å². The molecule has 3 rings (SSSR count). The van der Waals surface area contributed by atoms with Crippen molar-refractivity contribution in [3.05, 3.63) is 46.5 Å². The minimum Gasteiger partial charge on any atom is -0.465 e. The van der Waals surface area contributed by atoms with Crippen LogP contribution in [-0.4, -0.2) is 48.5 Å². The molecule has 2 aliphatic rings. The van der Waals surface area contributed by atoms with Crippen molar-refractivity contribution in [2.45, 2.75) is 52.1 Å². The third-order valence-corrected chi connectivity index (χ3v) is 5.35. The number of esters is 1. The molecule has 0 radical (unpaired) electrons. The summed E-state index contributed by atoms with van der Waals surface area (Å²) in [6, 6.07) is 5.13. The van der Waals surface area contributed by atoms with Crippen LogP contribution in [0.15, 0.2) is 29.8 Å². The molecule has 6 heteroatoms. The van der Waals surface area contributed by atoms with E-state index < -0.39 is 11.6 Å². The summed E-state index contributed by atoms with van der Waals surface area (Å²) < 4.78 is 10.2. The number of benzene rings is 1. The highest BCUT2D eigenvalue weighted by molar-refractivity contribution is 6.11. The number of carbonyl (C=O) groups excluding carboxylic acids is 3. The monoisotopic (exact) mass is 399 g/mol. The van der Waals surface area contributed by atoms with Gasteiger partial charge in [-0.25, -0.2) is 9.59 Å². The van der Waals surface area contributed by atoms with Gasteiger partial charge in [0.1, 0.15) is 5.60 Å². The Kier molecular flexibility index (Phi) is 6.10. The molecule has 1 aliphatic heterocycles. The van der Waals surface area contributed by atoms with Crippen LogP contribution in [0.4, 0.5) is 4.79 Å². The quantitative estimate of drug-likeness (QED) is 0.551. The minimum atomic E-state index is -0.494. The molecule has 0 aromatic heterocycles. The Morgan fingerprint density at radius 2 is 1.83 bits per heavy atom. The predicted octanol–water partition coefficient (Wildman–Crippen LogP) is 4.18. The van der Waals surface area contributed by atoms with Crippen molar-refractivity contribution in [3.63, 3.8) is 0 Å². The summed E-state index contributed by atoms with van der Waals surface area (Å²) in [5, 5.41) is 0. The van der Waals surface area contributed by atoms with Crippen molar-refractivity contribution in [1.82, 2.24) is 4.90 Å². The average molecular weight is 399 g/mol. The molecule has 1 amide bonds. The number of aryl methyl sites for hydroxylation is 1. The van der Waals surface area contributed by atoms with Gasteiger partial charge in [-0.3, -0.25) is 4.79 Å². The van der Waals surface area contributed by atoms with E-state index in [-0.39, 0.29) is 17.8 Å². The summed E-state index contributed by atoms with van der Waals surface area (Å²) in [5.74, 6) is -0.0703. The maximum absolute atomic E-state index is 12.9. The zero-order valence-corrected chi connectivity index (χ0v) is 17.6. The molecule has 0 spiro atoms. The maximum atomic E-state index is 12.9. The summed E-state index contributed by atoms with van der Waals surface area (Å²) in [5.41, 5.74) is 2.38. The number of fused-ring (bicyclic) bond motifs is 1. The number of nitrogens with zero attached hydrogens (tertiary/aromatic N) is 1. The van der Waals surface area contributed by atoms with E-state index >= 15 is 0 Å². The highest BCUT2D eigenvalue weighted by atomic mass is 16.6. The molecule has 1 aromatic rings. The fourth-order valence-corrected chi connectivity index (χ4v) is 3.84. The molecule has 0 unspecified atom stereocenters. The Labute approximate surface area is 171 Å². The smallest absolute Gasteiger partial charge is 0.410 e. The van der Waals surface area contributed by atoms with Crippen LogP contribution in [0.1, 0.15) is 66.3 Å². The van der Waals surface area contributed by atoms with Crippen molar-refractivity contribution in [2.75, 3.05) is 20.2 Å². The molecule has 156 valence electrons. The van der Waals surface area contributed by atoms with Gasteiger partial charge in [0, 0.05) is 18.7 Å². The van der Waals surface area contributed by atoms with E-state index in [4.69, 9.17) is 9.47 Å². The SMILES string of the molecule is COC(=O)c1ccc2c(c1)CC/C(=C\C1CCN(C(=O)OC(C)(C)C)CC1)C2=O. The van der Waals surface area contributed by atoms with E-state index in [0.717, 1.165) is 30.4 Å². The molecule has 6 nitrogen and oxygen atoms in total. The van der Waals surface area contributed by atoms with Crippen LogP contribution >= 0.6 is 0 Å². The average Bonchev–Trinajstić information content (AvgIpc) is 2.68. The molecule has 1 aromatic carbocycles. The van der Waals surface area contributed by atoms with E-state index in [9.17, 15) is 14.4 Å². The largest absolute Gasteiger partial charge is 0.465 e. The van der Waals surface area contributed by atoms with E-state index in [1.165, 1.54) is 7.11 Å². The second-order valence-corrected chi connectivity index (χ2v) is 8.69. The number of carbonyl (C=O) groups is 3. The molecule has 29 heavy (non-hydrogen) atoms. The molecular weight excluding hydrogens is 370 g/mol. The molecule has 1 heterocycles. The number of methoxy groups -OCH3 is 1. The van der Waals surface area contributed by atoms with Gasteiger partial charge < -0.3 is 14.4 Å². The third-order valence-electron chi connectivity index (χ3n) is 5.35. The summed E-state index contributed by atoms with van der Waals surface area (Å²) in [7, 11) is 1.35. The molecule has 0 N–H and O–H groups in total. The lowest BCUT2D eigenvalue weighted by atomic mass is 9.83. The van der Waals surface area contributed by atoms with Crippen LogP contribution < -0.4 is 0 Å². The van der Waals surface area contributed by atoms with Crippen LogP contribution in [0.3, 0.4) is 0 Å². The fourth-order valence-electron chi connectivity index (χ4n) is 3.84. The first-order chi connectivity index (χ1) is 13.7. The van der Waals surface area contributed by atoms with E-state index in [1.54, 1.807) is 23.1 Å². The fraction of sp³-hybridized carbons (Fsp3) is 0.522. The highest BCUT2D eigenvalue weighted by Crippen LogP contribution is 2.29. The lowest BCUT2D eigenvalue weighted by Crippen LogP contribution is -2.41. The molecule has 1 fully saturated rings. The molecule has 0 atom stereocenters. The number of allylic oxidation sites excluding steroid dienone is 2. The standard InChI is InChI=1S/C23H29NO5/c1-23(2,3)29-22(27)24-11-9-15(10-12-24)13-17-6-5-16-14-18(21(26)28-4)7-8-19(16)20(17)25/h7-8,13-15H,5-6,9-12H2,1-4H3/b17-13+. The highest BCUT2D eigenvalue weighted by Gasteiger charge is 2.28. The van der Waals surface area contributed by atoms with Gasteiger partial charge in [0.05, 0.1) is 12.7 Å². The van der Waals surface area contributed by atoms with Crippen molar-refractivity contribution in [2.24, 2.45) is 5.92 Å². The van der Waals surface area contributed by atoms with Crippen molar-refractivity contribution in [1.29, 1.82) is 0 Å². The first-order valence-electron chi connectivity index (χ1n) is 10.1. The van der Waals surface area contributed by atoms with Gasteiger partial charge >= 0.3 is 12.1 Å². The first kappa shape index (κ1) is 21.1. The van der Waals surface area contributed by atoms with Crippen LogP contribution in [-0.2, 0) is 15.9 Å². The summed E-state index contributed by atoms with van der Waals surface area (Å²) >= 11 is 0. The number of likely N-dealkylation sites (tertiary alicyclic amines) is 1. The number of amides is 1. The molecular formula is C23H29NO5. The number of rotatable bonds is 2. The lowest BCUT2D eigenvalue weighted by Gasteiger charge is -2.33. The number of piperidine rings is 1. The molecule has 1 saturated heterocycles. The topological polar surface area (TPSA) is 72.9 Å². The van der Waals surface area contributed by atoms with Gasteiger partial charge in [0.2, 0.25) is 0 Å². The number of hydrogen-bond acceptors (Lipinski definition) is 5. The Balaban J connectivity index is 1.64. The van der Waals surface area contributed by atoms with Gasteiger partial charge in [-0.1, -0.05) is 6.08 Å². The van der Waals surface area contributed by atoms with Crippen LogP contribution in [0.5, 0.6) is 0 Å². The third kappa shape index (κ3) is 5.05. The Morgan fingerprint density at radius 3 is 2.45 bits per heavy atom. The molecule has 0 saturated carbocycles. The van der Waals surface area contributed by atoms with Crippen LogP contribution in [0.2, 0.25) is 0 Å². The number of hydrogen-bond donors (Lipinski definition) is 0. The van der Waals surface area contributed by atoms with Crippen molar-refractivity contribution in [3.8, 4) is 0 Å². The minimum absolute atomic E-state index is 0.0391. The van der Waals surface area contributed by atoms with Crippen molar-refractivity contribution >= 4 is 17.8 Å². The normalized spacial score (nSPS) is 19.1. The van der Waals surface area contributed by atoms with Crippen molar-refractivity contribution < 1.29 is 23.9 Å². The van der Waals surface area contributed by atoms with Gasteiger partial charge in [-0.15, -0.1) is 0 Å². The van der Waals surface area contributed by atoms with Gasteiger partial charge in [-0.2, -0.15) is 0 Å². The summed E-state index contributed by atoms with van der Waals surface area (Å²) in [6.07, 6.45) is 4.87. The Bertz CT molecular complexity index is 841. The zero-order valence-electron chi connectivity index (χ0n) is 17.6. The van der Waals surface area contributed by atoms with E-state index in [0.29, 0.717) is 30.6 Å². The lowest BCUT2D eigenvalue weighted by molar-refractivity contribution is 0.0196. The summed E-state index contributed by atoms with van der Waals surface area (Å²) in [6.45, 7) is 6.86. The molecule has 1 aliphatic carbocycles. The Hall–Kier alpha value is -2.63. The van der Waals surface area contributed by atoms with Gasteiger partial charge in [0.15, 0.2) is 5.78 Å². The Morgan fingerprint density at radius 1 is 1.14 bits per heavy atom.